The summed E-state index contributed by atoms with van der Waals surface area (Å²) in [4.78, 5) is 27.7. The lowest BCUT2D eigenvalue weighted by atomic mass is 10.0. The van der Waals surface area contributed by atoms with Crippen LogP contribution in [0.1, 0.15) is 12.1 Å². The molecule has 0 aliphatic carbocycles. The van der Waals surface area contributed by atoms with Gasteiger partial charge in [-0.25, -0.2) is 0 Å². The lowest BCUT2D eigenvalue weighted by molar-refractivity contribution is -0.131. The Balaban J connectivity index is 1.69. The number of hydrogen-bond donors (Lipinski definition) is 1. The maximum atomic E-state index is 13.2. The number of amides is 1. The average molecular weight is 468 g/mol. The number of amidine groups is 1. The molecule has 0 spiro atoms. The quantitative estimate of drug-likeness (QED) is 0.603. The minimum Gasteiger partial charge on any atom is -0.341 e. The Morgan fingerprint density at radius 3 is 2.73 bits per heavy atom. The molecular weight excluding hydrogens is 450 g/mol. The number of carbonyl (C=O) groups is 2. The highest BCUT2D eigenvalue weighted by molar-refractivity contribution is 7.90. The van der Waals surface area contributed by atoms with E-state index in [2.05, 4.69) is 19.3 Å². The van der Waals surface area contributed by atoms with Crippen LogP contribution in [-0.4, -0.2) is 62.7 Å². The van der Waals surface area contributed by atoms with Crippen LogP contribution >= 0.6 is 11.5 Å². The van der Waals surface area contributed by atoms with E-state index in [9.17, 15) is 22.2 Å². The maximum absolute atomic E-state index is 13.2. The van der Waals surface area contributed by atoms with E-state index in [0.717, 1.165) is 11.5 Å². The number of anilines is 1. The first-order chi connectivity index (χ1) is 14.3. The third-order valence-corrected chi connectivity index (χ3v) is 7.57. The molecule has 2 aromatic rings. The van der Waals surface area contributed by atoms with Crippen molar-refractivity contribution in [3.05, 3.63) is 35.3 Å². The third kappa shape index (κ3) is 3.79. The van der Waals surface area contributed by atoms with Gasteiger partial charge in [-0.1, -0.05) is 16.6 Å². The number of ketones is 1. The molecular formula is C17H17N5O5S3. The number of para-hydroxylation sites is 1. The van der Waals surface area contributed by atoms with Crippen LogP contribution < -0.4 is 5.32 Å². The predicted molar refractivity (Wildman–Crippen MR) is 111 cm³/mol. The number of likely N-dealkylation sites (tertiary alicyclic amines) is 1. The van der Waals surface area contributed by atoms with Gasteiger partial charge in [0.05, 0.1) is 24.0 Å². The number of aromatic nitrogens is 2. The minimum atomic E-state index is -4.05. The molecule has 10 nitrogen and oxygen atoms in total. The van der Waals surface area contributed by atoms with Crippen LogP contribution in [0, 0.1) is 5.92 Å². The monoisotopic (exact) mass is 467 g/mol. The van der Waals surface area contributed by atoms with Crippen LogP contribution in [0.15, 0.2) is 38.9 Å². The summed E-state index contributed by atoms with van der Waals surface area (Å²) >= 11 is 1.12. The van der Waals surface area contributed by atoms with Crippen LogP contribution in [0.2, 0.25) is 0 Å². The van der Waals surface area contributed by atoms with E-state index >= 15 is 0 Å². The Morgan fingerprint density at radius 2 is 2.03 bits per heavy atom. The molecule has 3 atom stereocenters. The predicted octanol–water partition coefficient (Wildman–Crippen LogP) is 0.416. The highest BCUT2D eigenvalue weighted by Gasteiger charge is 2.51. The zero-order chi connectivity index (χ0) is 21.5. The molecule has 2 aliphatic rings. The van der Waals surface area contributed by atoms with Crippen molar-refractivity contribution in [2.75, 3.05) is 17.3 Å². The Labute approximate surface area is 179 Å². The van der Waals surface area contributed by atoms with Gasteiger partial charge in [0.2, 0.25) is 5.91 Å². The van der Waals surface area contributed by atoms with Gasteiger partial charge in [0, 0.05) is 28.2 Å². The maximum Gasteiger partial charge on any atom is 0.286 e. The Morgan fingerprint density at radius 1 is 1.27 bits per heavy atom. The largest absolute Gasteiger partial charge is 0.341 e. The van der Waals surface area contributed by atoms with E-state index in [-0.39, 0.29) is 35.1 Å². The van der Waals surface area contributed by atoms with Gasteiger partial charge in [-0.2, -0.15) is 8.42 Å². The Bertz CT molecular complexity index is 1160. The van der Waals surface area contributed by atoms with Gasteiger partial charge in [0.25, 0.3) is 10.0 Å². The molecule has 30 heavy (non-hydrogen) atoms. The van der Waals surface area contributed by atoms with Gasteiger partial charge in [-0.05, 0) is 30.1 Å². The zero-order valence-electron chi connectivity index (χ0n) is 15.7. The molecule has 2 unspecified atom stereocenters. The van der Waals surface area contributed by atoms with Gasteiger partial charge < -0.3 is 10.2 Å². The molecule has 0 saturated carbocycles. The van der Waals surface area contributed by atoms with E-state index in [1.807, 2.05) is 0 Å². The second-order valence-corrected chi connectivity index (χ2v) is 10.6. The van der Waals surface area contributed by atoms with Crippen LogP contribution in [0.25, 0.3) is 0 Å². The van der Waals surface area contributed by atoms with E-state index in [0.29, 0.717) is 5.69 Å². The second-order valence-electron chi connectivity index (χ2n) is 6.85. The molecule has 2 aliphatic heterocycles. The van der Waals surface area contributed by atoms with Crippen molar-refractivity contribution in [3.63, 3.8) is 0 Å². The van der Waals surface area contributed by atoms with Crippen molar-refractivity contribution in [3.8, 4) is 0 Å². The molecule has 1 aromatic heterocycles. The van der Waals surface area contributed by atoms with Crippen LogP contribution in [0.3, 0.4) is 0 Å². The first kappa shape index (κ1) is 20.8. The summed E-state index contributed by atoms with van der Waals surface area (Å²) in [6.45, 7) is 0.0508. The highest BCUT2D eigenvalue weighted by atomic mass is 32.2. The van der Waals surface area contributed by atoms with Gasteiger partial charge in [-0.3, -0.25) is 13.8 Å². The summed E-state index contributed by atoms with van der Waals surface area (Å²) in [5.74, 6) is -2.42. The Kier molecular flexibility index (Phi) is 5.51. The standard InChI is InChI=1S/C17H17N5O5S3/c1-29(25)7-6-12-15(23)14(17(24)22(12)8-10-9-28-21-19-10)16-18-11-4-2-3-5-13(11)30(26,27)20-16/h2-5,9,12,14H,6-8H2,1H3,(H,18,20)/t12-,14?,29?/m0/s1. The number of sulfonamides is 1. The summed E-state index contributed by atoms with van der Waals surface area (Å²) in [5.41, 5.74) is 0.775. The lowest BCUT2D eigenvalue weighted by Gasteiger charge is -2.22. The fourth-order valence-corrected chi connectivity index (χ4v) is 5.64. The Hall–Kier alpha value is -2.51. The van der Waals surface area contributed by atoms with E-state index in [4.69, 9.17) is 0 Å². The molecule has 3 heterocycles. The molecule has 158 valence electrons. The minimum absolute atomic E-state index is 0.0185. The van der Waals surface area contributed by atoms with Crippen LogP contribution in [0.5, 0.6) is 0 Å². The van der Waals surface area contributed by atoms with Gasteiger partial charge in [0.1, 0.15) is 10.7 Å². The molecule has 0 radical (unpaired) electrons. The van der Waals surface area contributed by atoms with E-state index < -0.39 is 44.5 Å². The number of carbonyl (C=O) groups excluding carboxylic acids is 2. The highest BCUT2D eigenvalue weighted by Crippen LogP contribution is 2.32. The van der Waals surface area contributed by atoms with Crippen molar-refractivity contribution in [2.45, 2.75) is 23.9 Å². The summed E-state index contributed by atoms with van der Waals surface area (Å²) in [5, 5.41) is 8.42. The molecule has 4 rings (SSSR count). The number of benzene rings is 1. The first-order valence-electron chi connectivity index (χ1n) is 8.89. The lowest BCUT2D eigenvalue weighted by Crippen LogP contribution is -2.37. The van der Waals surface area contributed by atoms with Crippen LogP contribution in [-0.2, 0) is 37.0 Å². The average Bonchev–Trinajstić information content (AvgIpc) is 3.27. The summed E-state index contributed by atoms with van der Waals surface area (Å²) in [7, 11) is -5.21. The van der Waals surface area contributed by atoms with Gasteiger partial charge in [0.15, 0.2) is 11.7 Å². The zero-order valence-corrected chi connectivity index (χ0v) is 18.2. The number of hydrogen-bond acceptors (Lipinski definition) is 9. The van der Waals surface area contributed by atoms with Crippen molar-refractivity contribution >= 4 is 55.6 Å². The smallest absolute Gasteiger partial charge is 0.286 e. The van der Waals surface area contributed by atoms with Gasteiger partial charge >= 0.3 is 0 Å². The van der Waals surface area contributed by atoms with Crippen molar-refractivity contribution in [2.24, 2.45) is 10.3 Å². The molecule has 1 N–H and O–H groups in total. The van der Waals surface area contributed by atoms with Crippen molar-refractivity contribution in [1.82, 2.24) is 14.5 Å². The number of fused-ring (bicyclic) bond motifs is 1. The second kappa shape index (κ2) is 7.96. The normalized spacial score (nSPS) is 23.6. The van der Waals surface area contributed by atoms with Crippen LogP contribution in [0.4, 0.5) is 5.69 Å². The van der Waals surface area contributed by atoms with Crippen molar-refractivity contribution < 1.29 is 22.2 Å². The topological polar surface area (TPSA) is 139 Å². The fourth-order valence-electron chi connectivity index (χ4n) is 3.49. The van der Waals surface area contributed by atoms with Crippen molar-refractivity contribution in [1.29, 1.82) is 0 Å². The summed E-state index contributed by atoms with van der Waals surface area (Å²) < 4.78 is 44.2. The SMILES string of the molecule is CS(=O)CC[C@H]1C(=O)C(C2=NS(=O)(=O)c3ccccc3N2)C(=O)N1Cc1csnn1. The number of nitrogens with zero attached hydrogens (tertiary/aromatic N) is 4. The molecule has 1 aromatic carbocycles. The summed E-state index contributed by atoms with van der Waals surface area (Å²) in [6.07, 6.45) is 1.71. The molecule has 1 amide bonds. The fraction of sp³-hybridized carbons (Fsp3) is 0.353. The first-order valence-corrected chi connectivity index (χ1v) is 12.9. The number of rotatable bonds is 6. The molecule has 13 heteroatoms. The number of Topliss-reactive ketones (excluding diaryl/α,β-unsaturated/α-hetero) is 1. The molecule has 1 fully saturated rings. The third-order valence-electron chi connectivity index (χ3n) is 4.86. The number of nitrogens with one attached hydrogen (secondary N) is 1. The molecule has 1 saturated heterocycles. The van der Waals surface area contributed by atoms with E-state index in [1.165, 1.54) is 17.2 Å². The summed E-state index contributed by atoms with van der Waals surface area (Å²) in [6, 6.07) is 5.30. The molecule has 0 bridgehead atoms. The van der Waals surface area contributed by atoms with Gasteiger partial charge in [-0.15, -0.1) is 9.50 Å². The van der Waals surface area contributed by atoms with E-state index in [1.54, 1.807) is 23.6 Å².